The molecule has 3 aromatic rings. The first-order valence-corrected chi connectivity index (χ1v) is 9.64. The standard InChI is InChI=1S/C24H28N2O2/c1-19(27)26(18-20-11-13-22(14-12-20)25(2)3)16-15-23(24-10-7-17-28-24)21-8-5-4-6-9-21/h4-14,17,23H,15-16,18H2,1-3H3. The van der Waals surface area contributed by atoms with Crippen LogP contribution in [0.2, 0.25) is 0 Å². The zero-order chi connectivity index (χ0) is 19.9. The van der Waals surface area contributed by atoms with Crippen LogP contribution in [0.1, 0.15) is 36.1 Å². The monoisotopic (exact) mass is 376 g/mol. The number of benzene rings is 2. The van der Waals surface area contributed by atoms with Crippen molar-refractivity contribution in [2.45, 2.75) is 25.8 Å². The smallest absolute Gasteiger partial charge is 0.219 e. The predicted octanol–water partition coefficient (Wildman–Crippen LogP) is 4.92. The van der Waals surface area contributed by atoms with Gasteiger partial charge in [-0.15, -0.1) is 0 Å². The van der Waals surface area contributed by atoms with Crippen molar-refractivity contribution in [2.75, 3.05) is 25.5 Å². The molecule has 0 bridgehead atoms. The molecular formula is C24H28N2O2. The van der Waals surface area contributed by atoms with E-state index in [0.29, 0.717) is 13.1 Å². The summed E-state index contributed by atoms with van der Waals surface area (Å²) in [6, 6.07) is 22.6. The zero-order valence-electron chi connectivity index (χ0n) is 16.8. The molecule has 0 spiro atoms. The molecule has 0 aliphatic rings. The van der Waals surface area contributed by atoms with Crippen molar-refractivity contribution >= 4 is 11.6 Å². The van der Waals surface area contributed by atoms with Crippen LogP contribution in [0.4, 0.5) is 5.69 Å². The van der Waals surface area contributed by atoms with Crippen molar-refractivity contribution in [3.63, 3.8) is 0 Å². The molecule has 4 nitrogen and oxygen atoms in total. The van der Waals surface area contributed by atoms with E-state index in [9.17, 15) is 4.79 Å². The highest BCUT2D eigenvalue weighted by Gasteiger charge is 2.19. The molecule has 1 aromatic heterocycles. The molecule has 0 saturated carbocycles. The van der Waals surface area contributed by atoms with E-state index in [1.54, 1.807) is 13.2 Å². The van der Waals surface area contributed by atoms with Crippen LogP contribution in [0.3, 0.4) is 0 Å². The van der Waals surface area contributed by atoms with Crippen LogP contribution in [0, 0.1) is 0 Å². The van der Waals surface area contributed by atoms with Crippen LogP contribution in [-0.2, 0) is 11.3 Å². The van der Waals surface area contributed by atoms with Crippen molar-refractivity contribution in [2.24, 2.45) is 0 Å². The third-order valence-electron chi connectivity index (χ3n) is 5.05. The first-order valence-electron chi connectivity index (χ1n) is 9.64. The number of amides is 1. The van der Waals surface area contributed by atoms with E-state index < -0.39 is 0 Å². The molecule has 0 radical (unpaired) electrons. The summed E-state index contributed by atoms with van der Waals surface area (Å²) in [5, 5.41) is 0. The Hall–Kier alpha value is -3.01. The molecule has 0 saturated heterocycles. The van der Waals surface area contributed by atoms with Gasteiger partial charge < -0.3 is 14.2 Å². The molecule has 0 aliphatic heterocycles. The maximum absolute atomic E-state index is 12.3. The van der Waals surface area contributed by atoms with Gasteiger partial charge in [-0.3, -0.25) is 4.79 Å². The minimum Gasteiger partial charge on any atom is -0.469 e. The van der Waals surface area contributed by atoms with E-state index in [1.807, 2.05) is 49.3 Å². The Morgan fingerprint density at radius 2 is 1.68 bits per heavy atom. The predicted molar refractivity (Wildman–Crippen MR) is 113 cm³/mol. The summed E-state index contributed by atoms with van der Waals surface area (Å²) < 4.78 is 5.69. The molecule has 28 heavy (non-hydrogen) atoms. The first kappa shape index (κ1) is 19.7. The van der Waals surface area contributed by atoms with Crippen molar-refractivity contribution in [3.8, 4) is 0 Å². The van der Waals surface area contributed by atoms with Gasteiger partial charge in [0.2, 0.25) is 5.91 Å². The second-order valence-corrected chi connectivity index (χ2v) is 7.27. The summed E-state index contributed by atoms with van der Waals surface area (Å²) in [5.74, 6) is 1.15. The maximum Gasteiger partial charge on any atom is 0.219 e. The van der Waals surface area contributed by atoms with Gasteiger partial charge in [0.25, 0.3) is 0 Å². The normalized spacial score (nSPS) is 11.8. The minimum atomic E-state index is 0.0861. The van der Waals surface area contributed by atoms with Crippen molar-refractivity contribution in [3.05, 3.63) is 89.9 Å². The number of anilines is 1. The molecule has 4 heteroatoms. The van der Waals surface area contributed by atoms with Gasteiger partial charge >= 0.3 is 0 Å². The molecule has 3 rings (SSSR count). The lowest BCUT2D eigenvalue weighted by atomic mass is 9.93. The zero-order valence-corrected chi connectivity index (χ0v) is 16.8. The Morgan fingerprint density at radius 3 is 2.25 bits per heavy atom. The fourth-order valence-electron chi connectivity index (χ4n) is 3.40. The SMILES string of the molecule is CC(=O)N(CCC(c1ccccc1)c1ccco1)Cc1ccc(N(C)C)cc1. The van der Waals surface area contributed by atoms with Crippen molar-refractivity contribution in [1.82, 2.24) is 4.90 Å². The van der Waals surface area contributed by atoms with E-state index in [4.69, 9.17) is 4.42 Å². The minimum absolute atomic E-state index is 0.0861. The first-order chi connectivity index (χ1) is 13.5. The molecule has 2 aromatic carbocycles. The number of rotatable bonds is 8. The van der Waals surface area contributed by atoms with Crippen molar-refractivity contribution in [1.29, 1.82) is 0 Å². The Kier molecular flexibility index (Phi) is 6.53. The Labute approximate surface area is 167 Å². The number of furan rings is 1. The average molecular weight is 377 g/mol. The highest BCUT2D eigenvalue weighted by molar-refractivity contribution is 5.73. The summed E-state index contributed by atoms with van der Waals surface area (Å²) >= 11 is 0. The topological polar surface area (TPSA) is 36.7 Å². The molecule has 1 unspecified atom stereocenters. The van der Waals surface area contributed by atoms with Crippen LogP contribution in [0.25, 0.3) is 0 Å². The highest BCUT2D eigenvalue weighted by Crippen LogP contribution is 2.29. The fourth-order valence-corrected chi connectivity index (χ4v) is 3.40. The molecule has 146 valence electrons. The summed E-state index contributed by atoms with van der Waals surface area (Å²) in [6.45, 7) is 2.92. The number of carbonyl (C=O) groups excluding carboxylic acids is 1. The Bertz CT molecular complexity index is 855. The summed E-state index contributed by atoms with van der Waals surface area (Å²) in [7, 11) is 4.05. The van der Waals surface area contributed by atoms with E-state index in [1.165, 1.54) is 5.56 Å². The van der Waals surface area contributed by atoms with Gasteiger partial charge in [0.05, 0.1) is 6.26 Å². The van der Waals surface area contributed by atoms with Gasteiger partial charge in [-0.2, -0.15) is 0 Å². The van der Waals surface area contributed by atoms with Crippen LogP contribution >= 0.6 is 0 Å². The number of hydrogen-bond donors (Lipinski definition) is 0. The van der Waals surface area contributed by atoms with Crippen LogP contribution < -0.4 is 4.90 Å². The summed E-state index contributed by atoms with van der Waals surface area (Å²) in [4.78, 5) is 16.2. The largest absolute Gasteiger partial charge is 0.469 e. The van der Waals surface area contributed by atoms with E-state index >= 15 is 0 Å². The average Bonchev–Trinajstić information content (AvgIpc) is 3.23. The molecular weight excluding hydrogens is 348 g/mol. The van der Waals surface area contributed by atoms with Crippen molar-refractivity contribution < 1.29 is 9.21 Å². The lowest BCUT2D eigenvalue weighted by molar-refractivity contribution is -0.129. The molecule has 0 fully saturated rings. The Morgan fingerprint density at radius 1 is 0.964 bits per heavy atom. The van der Waals surface area contributed by atoms with Gasteiger partial charge in [-0.1, -0.05) is 42.5 Å². The molecule has 0 N–H and O–H groups in total. The molecule has 1 heterocycles. The van der Waals surface area contributed by atoms with E-state index in [-0.39, 0.29) is 11.8 Å². The second-order valence-electron chi connectivity index (χ2n) is 7.27. The molecule has 0 aliphatic carbocycles. The lowest BCUT2D eigenvalue weighted by Gasteiger charge is -2.24. The fraction of sp³-hybridized carbons (Fsp3) is 0.292. The van der Waals surface area contributed by atoms with Gasteiger partial charge in [0.1, 0.15) is 5.76 Å². The number of carbonyl (C=O) groups is 1. The summed E-state index contributed by atoms with van der Waals surface area (Å²) in [5.41, 5.74) is 3.49. The third-order valence-corrected chi connectivity index (χ3v) is 5.05. The highest BCUT2D eigenvalue weighted by atomic mass is 16.3. The molecule has 1 amide bonds. The van der Waals surface area contributed by atoms with E-state index in [0.717, 1.165) is 23.4 Å². The van der Waals surface area contributed by atoms with Gasteiger partial charge in [-0.25, -0.2) is 0 Å². The quantitative estimate of drug-likeness (QED) is 0.560. The van der Waals surface area contributed by atoms with Gasteiger partial charge in [-0.05, 0) is 41.8 Å². The van der Waals surface area contributed by atoms with Crippen LogP contribution in [0.5, 0.6) is 0 Å². The van der Waals surface area contributed by atoms with Crippen LogP contribution in [-0.4, -0.2) is 31.4 Å². The maximum atomic E-state index is 12.3. The second kappa shape index (κ2) is 9.27. The Balaban J connectivity index is 1.71. The van der Waals surface area contributed by atoms with Crippen LogP contribution in [0.15, 0.2) is 77.4 Å². The van der Waals surface area contributed by atoms with Gasteiger partial charge in [0.15, 0.2) is 0 Å². The van der Waals surface area contributed by atoms with Gasteiger partial charge in [0, 0.05) is 45.7 Å². The third kappa shape index (κ3) is 5.03. The van der Waals surface area contributed by atoms with E-state index in [2.05, 4.69) is 41.3 Å². The number of hydrogen-bond acceptors (Lipinski definition) is 3. The number of nitrogens with zero attached hydrogens (tertiary/aromatic N) is 2. The lowest BCUT2D eigenvalue weighted by Crippen LogP contribution is -2.30. The molecule has 1 atom stereocenters. The summed E-state index contributed by atoms with van der Waals surface area (Å²) in [6.07, 6.45) is 2.52.